The second-order valence-corrected chi connectivity index (χ2v) is 8.47. The number of amides is 1. The van der Waals surface area contributed by atoms with E-state index in [4.69, 9.17) is 0 Å². The SMILES string of the molecule is O=C(Nc1ccc(Nc2cc(-c3ccccc3)ncn2)cc1)c1ccc(N2CCCC2)c([N+](=O)[O-])c1. The van der Waals surface area contributed by atoms with Gasteiger partial charge < -0.3 is 15.5 Å². The van der Waals surface area contributed by atoms with Crippen LogP contribution in [-0.2, 0) is 0 Å². The van der Waals surface area contributed by atoms with Crippen LogP contribution in [0.2, 0.25) is 0 Å². The van der Waals surface area contributed by atoms with Crippen LogP contribution in [0.4, 0.5) is 28.6 Å². The Morgan fingerprint density at radius 3 is 2.33 bits per heavy atom. The molecule has 2 heterocycles. The number of carbonyl (C=O) groups is 1. The van der Waals surface area contributed by atoms with Crippen molar-refractivity contribution in [3.63, 3.8) is 0 Å². The summed E-state index contributed by atoms with van der Waals surface area (Å²) in [4.78, 5) is 34.6. The predicted octanol–water partition coefficient (Wildman–Crippen LogP) is 5.65. The Bertz CT molecular complexity index is 1390. The molecule has 0 spiro atoms. The van der Waals surface area contributed by atoms with Gasteiger partial charge in [-0.3, -0.25) is 14.9 Å². The van der Waals surface area contributed by atoms with Gasteiger partial charge in [0.1, 0.15) is 17.8 Å². The third-order valence-electron chi connectivity index (χ3n) is 6.03. The lowest BCUT2D eigenvalue weighted by molar-refractivity contribution is -0.384. The zero-order chi connectivity index (χ0) is 24.9. The van der Waals surface area contributed by atoms with Crippen molar-refractivity contribution >= 4 is 34.5 Å². The normalized spacial score (nSPS) is 12.8. The maximum Gasteiger partial charge on any atom is 0.293 e. The zero-order valence-corrected chi connectivity index (χ0v) is 19.4. The van der Waals surface area contributed by atoms with Crippen LogP contribution in [0, 0.1) is 10.1 Å². The average Bonchev–Trinajstić information content (AvgIpc) is 3.45. The van der Waals surface area contributed by atoms with E-state index >= 15 is 0 Å². The summed E-state index contributed by atoms with van der Waals surface area (Å²) in [7, 11) is 0. The Balaban J connectivity index is 1.26. The van der Waals surface area contributed by atoms with Crippen LogP contribution in [0.25, 0.3) is 11.3 Å². The van der Waals surface area contributed by atoms with Gasteiger partial charge in [0, 0.05) is 47.7 Å². The quantitative estimate of drug-likeness (QED) is 0.260. The number of nitro benzene ring substituents is 1. The number of carbonyl (C=O) groups excluding carboxylic acids is 1. The fourth-order valence-electron chi connectivity index (χ4n) is 4.22. The fourth-order valence-corrected chi connectivity index (χ4v) is 4.22. The Morgan fingerprint density at radius 2 is 1.61 bits per heavy atom. The van der Waals surface area contributed by atoms with E-state index in [-0.39, 0.29) is 11.3 Å². The van der Waals surface area contributed by atoms with Gasteiger partial charge in [0.05, 0.1) is 10.6 Å². The summed E-state index contributed by atoms with van der Waals surface area (Å²) in [5.41, 5.74) is 3.91. The summed E-state index contributed by atoms with van der Waals surface area (Å²) in [5.74, 6) is 0.237. The van der Waals surface area contributed by atoms with Crippen molar-refractivity contribution in [3.8, 4) is 11.3 Å². The number of anilines is 4. The van der Waals surface area contributed by atoms with E-state index in [1.54, 1.807) is 24.3 Å². The first kappa shape index (κ1) is 23.0. The third-order valence-corrected chi connectivity index (χ3v) is 6.03. The molecule has 5 rings (SSSR count). The molecule has 0 saturated carbocycles. The molecule has 9 nitrogen and oxygen atoms in total. The topological polar surface area (TPSA) is 113 Å². The molecule has 1 aromatic heterocycles. The number of aromatic nitrogens is 2. The molecule has 0 unspecified atom stereocenters. The first-order chi connectivity index (χ1) is 17.6. The standard InChI is InChI=1S/C27H24N6O3/c34-27(20-8-13-24(25(16-20)33(35)36)32-14-4-5-15-32)31-22-11-9-21(10-12-22)30-26-17-23(28-18-29-26)19-6-2-1-3-7-19/h1-3,6-13,16-18H,4-5,14-15H2,(H,31,34)(H,28,29,30). The number of nitrogens with zero attached hydrogens (tertiary/aromatic N) is 4. The van der Waals surface area contributed by atoms with E-state index in [2.05, 4.69) is 20.6 Å². The largest absolute Gasteiger partial charge is 0.366 e. The number of nitrogens with one attached hydrogen (secondary N) is 2. The molecular weight excluding hydrogens is 456 g/mol. The molecule has 0 atom stereocenters. The molecule has 1 saturated heterocycles. The smallest absolute Gasteiger partial charge is 0.293 e. The van der Waals surface area contributed by atoms with Crippen LogP contribution >= 0.6 is 0 Å². The van der Waals surface area contributed by atoms with Crippen molar-refractivity contribution in [1.82, 2.24) is 9.97 Å². The minimum Gasteiger partial charge on any atom is -0.366 e. The highest BCUT2D eigenvalue weighted by molar-refractivity contribution is 6.05. The van der Waals surface area contributed by atoms with Gasteiger partial charge in [-0.2, -0.15) is 0 Å². The summed E-state index contributed by atoms with van der Waals surface area (Å²) < 4.78 is 0. The van der Waals surface area contributed by atoms with Crippen LogP contribution in [-0.4, -0.2) is 33.9 Å². The molecule has 9 heteroatoms. The van der Waals surface area contributed by atoms with Crippen molar-refractivity contribution in [2.75, 3.05) is 28.6 Å². The second-order valence-electron chi connectivity index (χ2n) is 8.47. The van der Waals surface area contributed by atoms with Crippen LogP contribution in [0.1, 0.15) is 23.2 Å². The minimum atomic E-state index is -0.429. The van der Waals surface area contributed by atoms with Crippen molar-refractivity contribution < 1.29 is 9.72 Å². The maximum atomic E-state index is 12.8. The first-order valence-electron chi connectivity index (χ1n) is 11.7. The molecule has 1 aliphatic rings. The Labute approximate surface area is 208 Å². The highest BCUT2D eigenvalue weighted by Gasteiger charge is 2.24. The average molecular weight is 481 g/mol. The van der Waals surface area contributed by atoms with Crippen molar-refractivity contribution in [3.05, 3.63) is 101 Å². The molecule has 0 bridgehead atoms. The molecule has 0 radical (unpaired) electrons. The molecule has 1 amide bonds. The lowest BCUT2D eigenvalue weighted by Gasteiger charge is -2.17. The van der Waals surface area contributed by atoms with Crippen molar-refractivity contribution in [1.29, 1.82) is 0 Å². The zero-order valence-electron chi connectivity index (χ0n) is 19.4. The molecule has 180 valence electrons. The van der Waals surface area contributed by atoms with Gasteiger partial charge in [-0.05, 0) is 49.2 Å². The predicted molar refractivity (Wildman–Crippen MR) is 140 cm³/mol. The fraction of sp³-hybridized carbons (Fsp3) is 0.148. The molecule has 1 fully saturated rings. The van der Waals surface area contributed by atoms with Gasteiger partial charge >= 0.3 is 0 Å². The number of nitro groups is 1. The molecule has 4 aromatic rings. The van der Waals surface area contributed by atoms with Gasteiger partial charge in [0.15, 0.2) is 0 Å². The summed E-state index contributed by atoms with van der Waals surface area (Å²) in [6.45, 7) is 1.57. The summed E-state index contributed by atoms with van der Waals surface area (Å²) in [6, 6.07) is 23.5. The molecule has 1 aliphatic heterocycles. The third kappa shape index (κ3) is 5.15. The molecular formula is C27H24N6O3. The lowest BCUT2D eigenvalue weighted by Crippen LogP contribution is -2.19. The lowest BCUT2D eigenvalue weighted by atomic mass is 10.1. The number of rotatable bonds is 7. The van der Waals surface area contributed by atoms with E-state index in [9.17, 15) is 14.9 Å². The highest BCUT2D eigenvalue weighted by Crippen LogP contribution is 2.32. The monoisotopic (exact) mass is 480 g/mol. The highest BCUT2D eigenvalue weighted by atomic mass is 16.6. The van der Waals surface area contributed by atoms with Crippen LogP contribution in [0.5, 0.6) is 0 Å². The van der Waals surface area contributed by atoms with Crippen LogP contribution in [0.15, 0.2) is 85.2 Å². The van der Waals surface area contributed by atoms with E-state index in [1.165, 1.54) is 12.4 Å². The van der Waals surface area contributed by atoms with E-state index < -0.39 is 10.8 Å². The number of hydrogen-bond acceptors (Lipinski definition) is 7. The van der Waals surface area contributed by atoms with Gasteiger partial charge in [-0.15, -0.1) is 0 Å². The van der Waals surface area contributed by atoms with Gasteiger partial charge in [0.25, 0.3) is 11.6 Å². The summed E-state index contributed by atoms with van der Waals surface area (Å²) in [6.07, 6.45) is 3.53. The van der Waals surface area contributed by atoms with Gasteiger partial charge in [-0.1, -0.05) is 30.3 Å². The first-order valence-corrected chi connectivity index (χ1v) is 11.7. The van der Waals surface area contributed by atoms with Crippen LogP contribution < -0.4 is 15.5 Å². The Kier molecular flexibility index (Phi) is 6.53. The summed E-state index contributed by atoms with van der Waals surface area (Å²) in [5, 5.41) is 17.7. The minimum absolute atomic E-state index is 0.0520. The van der Waals surface area contributed by atoms with Crippen LogP contribution in [0.3, 0.4) is 0 Å². The molecule has 2 N–H and O–H groups in total. The molecule has 3 aromatic carbocycles. The van der Waals surface area contributed by atoms with E-state index in [0.29, 0.717) is 17.2 Å². The Morgan fingerprint density at radius 1 is 0.889 bits per heavy atom. The molecule has 36 heavy (non-hydrogen) atoms. The van der Waals surface area contributed by atoms with E-state index in [1.807, 2.05) is 53.4 Å². The van der Waals surface area contributed by atoms with Crippen molar-refractivity contribution in [2.45, 2.75) is 12.8 Å². The Hall–Kier alpha value is -4.79. The van der Waals surface area contributed by atoms with Gasteiger partial charge in [0.2, 0.25) is 0 Å². The molecule has 0 aliphatic carbocycles. The maximum absolute atomic E-state index is 12.8. The summed E-state index contributed by atoms with van der Waals surface area (Å²) >= 11 is 0. The van der Waals surface area contributed by atoms with Crippen molar-refractivity contribution in [2.24, 2.45) is 0 Å². The second kappa shape index (κ2) is 10.2. The van der Waals surface area contributed by atoms with Gasteiger partial charge in [-0.25, -0.2) is 9.97 Å². The van der Waals surface area contributed by atoms with E-state index in [0.717, 1.165) is 42.9 Å². The number of hydrogen-bond donors (Lipinski definition) is 2. The number of benzene rings is 3.